The molecule has 2 rings (SSSR count). The summed E-state index contributed by atoms with van der Waals surface area (Å²) in [5, 5.41) is 0. The van der Waals surface area contributed by atoms with Crippen LogP contribution in [0.4, 0.5) is 5.69 Å². The topological polar surface area (TPSA) is 26.0 Å². The Morgan fingerprint density at radius 3 is 1.82 bits per heavy atom. The molecule has 0 fully saturated rings. The van der Waals surface area contributed by atoms with E-state index in [0.717, 1.165) is 5.69 Å². The van der Waals surface area contributed by atoms with Crippen molar-refractivity contribution in [1.82, 2.24) is 0 Å². The van der Waals surface area contributed by atoms with Gasteiger partial charge in [0.15, 0.2) is 0 Å². The highest BCUT2D eigenvalue weighted by molar-refractivity contribution is 5.65. The minimum Gasteiger partial charge on any atom is -0.399 e. The Balaban J connectivity index is 2.26. The zero-order chi connectivity index (χ0) is 12.3. The summed E-state index contributed by atoms with van der Waals surface area (Å²) < 4.78 is 0. The Kier molecular flexibility index (Phi) is 3.48. The van der Waals surface area contributed by atoms with E-state index in [1.165, 1.54) is 23.1 Å². The highest BCUT2D eigenvalue weighted by Crippen LogP contribution is 2.24. The molecule has 0 aliphatic heterocycles. The van der Waals surface area contributed by atoms with Crippen LogP contribution in [-0.2, 0) is 0 Å². The number of hydrogen-bond donors (Lipinski definition) is 1. The first kappa shape index (κ1) is 11.7. The lowest BCUT2D eigenvalue weighted by atomic mass is 9.96. The molecule has 0 amide bonds. The first-order chi connectivity index (χ1) is 8.20. The third-order valence-electron chi connectivity index (χ3n) is 3.34. The normalized spacial score (nSPS) is 12.4. The van der Waals surface area contributed by atoms with E-state index in [1.807, 2.05) is 12.1 Å². The van der Waals surface area contributed by atoms with Crippen LogP contribution in [0.1, 0.15) is 31.7 Å². The molecule has 1 heteroatoms. The summed E-state index contributed by atoms with van der Waals surface area (Å²) in [4.78, 5) is 0. The molecule has 88 valence electrons. The lowest BCUT2D eigenvalue weighted by molar-refractivity contribution is 0.734. The van der Waals surface area contributed by atoms with E-state index in [9.17, 15) is 0 Å². The summed E-state index contributed by atoms with van der Waals surface area (Å²) in [6.07, 6.45) is 1.18. The lowest BCUT2D eigenvalue weighted by Gasteiger charge is -2.10. The van der Waals surface area contributed by atoms with Crippen molar-refractivity contribution in [2.45, 2.75) is 26.2 Å². The summed E-state index contributed by atoms with van der Waals surface area (Å²) in [6, 6.07) is 16.8. The SMILES string of the molecule is CCC(C)c1ccc(-c2ccc(N)cc2)cc1. The van der Waals surface area contributed by atoms with Gasteiger partial charge in [0.1, 0.15) is 0 Å². The van der Waals surface area contributed by atoms with Gasteiger partial charge < -0.3 is 5.73 Å². The van der Waals surface area contributed by atoms with Gasteiger partial charge in [0.2, 0.25) is 0 Å². The van der Waals surface area contributed by atoms with Crippen molar-refractivity contribution in [2.24, 2.45) is 0 Å². The number of hydrogen-bond acceptors (Lipinski definition) is 1. The van der Waals surface area contributed by atoms with Crippen molar-refractivity contribution in [3.8, 4) is 11.1 Å². The van der Waals surface area contributed by atoms with E-state index in [2.05, 4.69) is 50.2 Å². The Morgan fingerprint density at radius 1 is 0.882 bits per heavy atom. The first-order valence-corrected chi connectivity index (χ1v) is 6.16. The van der Waals surface area contributed by atoms with E-state index in [4.69, 9.17) is 5.73 Å². The minimum atomic E-state index is 0.635. The molecule has 1 atom stereocenters. The lowest BCUT2D eigenvalue weighted by Crippen LogP contribution is -1.90. The average molecular weight is 225 g/mol. The zero-order valence-electron chi connectivity index (χ0n) is 10.5. The number of nitrogen functional groups attached to an aromatic ring is 1. The highest BCUT2D eigenvalue weighted by atomic mass is 14.5. The molecule has 2 aromatic carbocycles. The molecule has 0 heterocycles. The summed E-state index contributed by atoms with van der Waals surface area (Å²) in [6.45, 7) is 4.48. The van der Waals surface area contributed by atoms with E-state index in [-0.39, 0.29) is 0 Å². The van der Waals surface area contributed by atoms with Crippen LogP contribution in [0.25, 0.3) is 11.1 Å². The molecule has 0 aromatic heterocycles. The third-order valence-corrected chi connectivity index (χ3v) is 3.34. The fraction of sp³-hybridized carbons (Fsp3) is 0.250. The second-order valence-electron chi connectivity index (χ2n) is 4.55. The smallest absolute Gasteiger partial charge is 0.0314 e. The monoisotopic (exact) mass is 225 g/mol. The largest absolute Gasteiger partial charge is 0.399 e. The molecule has 0 bridgehead atoms. The van der Waals surface area contributed by atoms with Crippen LogP contribution in [-0.4, -0.2) is 0 Å². The highest BCUT2D eigenvalue weighted by Gasteiger charge is 2.03. The van der Waals surface area contributed by atoms with Crippen LogP contribution in [0.3, 0.4) is 0 Å². The van der Waals surface area contributed by atoms with Gasteiger partial charge in [-0.25, -0.2) is 0 Å². The maximum atomic E-state index is 5.69. The number of nitrogens with two attached hydrogens (primary N) is 1. The molecular formula is C16H19N. The summed E-state index contributed by atoms with van der Waals surface area (Å²) >= 11 is 0. The van der Waals surface area contributed by atoms with E-state index < -0.39 is 0 Å². The molecule has 0 aliphatic rings. The minimum absolute atomic E-state index is 0.635. The molecule has 1 nitrogen and oxygen atoms in total. The van der Waals surface area contributed by atoms with E-state index >= 15 is 0 Å². The van der Waals surface area contributed by atoms with Gasteiger partial charge in [-0.05, 0) is 41.2 Å². The molecule has 0 spiro atoms. The quantitative estimate of drug-likeness (QED) is 0.767. The number of benzene rings is 2. The van der Waals surface area contributed by atoms with Crippen LogP contribution in [0.2, 0.25) is 0 Å². The van der Waals surface area contributed by atoms with Gasteiger partial charge in [0, 0.05) is 5.69 Å². The Labute approximate surface area is 103 Å². The van der Waals surface area contributed by atoms with Crippen molar-refractivity contribution in [3.05, 3.63) is 54.1 Å². The van der Waals surface area contributed by atoms with Gasteiger partial charge in [-0.2, -0.15) is 0 Å². The Hall–Kier alpha value is -1.76. The Morgan fingerprint density at radius 2 is 1.35 bits per heavy atom. The van der Waals surface area contributed by atoms with E-state index in [0.29, 0.717) is 5.92 Å². The fourth-order valence-electron chi connectivity index (χ4n) is 1.92. The van der Waals surface area contributed by atoms with E-state index in [1.54, 1.807) is 0 Å². The molecular weight excluding hydrogens is 206 g/mol. The standard InChI is InChI=1S/C16H19N/c1-3-12(2)13-4-6-14(7-5-13)15-8-10-16(17)11-9-15/h4-12H,3,17H2,1-2H3. The van der Waals surface area contributed by atoms with Crippen LogP contribution < -0.4 is 5.73 Å². The van der Waals surface area contributed by atoms with Gasteiger partial charge in [-0.15, -0.1) is 0 Å². The van der Waals surface area contributed by atoms with Gasteiger partial charge in [-0.3, -0.25) is 0 Å². The predicted octanol–water partition coefficient (Wildman–Crippen LogP) is 4.45. The van der Waals surface area contributed by atoms with Crippen molar-refractivity contribution in [3.63, 3.8) is 0 Å². The molecule has 2 N–H and O–H groups in total. The van der Waals surface area contributed by atoms with Crippen molar-refractivity contribution in [1.29, 1.82) is 0 Å². The molecule has 1 unspecified atom stereocenters. The zero-order valence-corrected chi connectivity index (χ0v) is 10.5. The Bertz CT molecular complexity index is 468. The molecule has 0 saturated heterocycles. The van der Waals surface area contributed by atoms with Gasteiger partial charge in [-0.1, -0.05) is 50.2 Å². The molecule has 0 radical (unpaired) electrons. The average Bonchev–Trinajstić information content (AvgIpc) is 2.39. The maximum absolute atomic E-state index is 5.69. The van der Waals surface area contributed by atoms with Crippen LogP contribution >= 0.6 is 0 Å². The van der Waals surface area contributed by atoms with Crippen molar-refractivity contribution >= 4 is 5.69 Å². The maximum Gasteiger partial charge on any atom is 0.0314 e. The summed E-state index contributed by atoms with van der Waals surface area (Å²) in [5.41, 5.74) is 10.4. The summed E-state index contributed by atoms with van der Waals surface area (Å²) in [7, 11) is 0. The molecule has 0 aliphatic carbocycles. The van der Waals surface area contributed by atoms with Crippen LogP contribution in [0.15, 0.2) is 48.5 Å². The van der Waals surface area contributed by atoms with Crippen LogP contribution in [0, 0.1) is 0 Å². The van der Waals surface area contributed by atoms with Crippen molar-refractivity contribution in [2.75, 3.05) is 5.73 Å². The molecule has 17 heavy (non-hydrogen) atoms. The van der Waals surface area contributed by atoms with Gasteiger partial charge in [0.05, 0.1) is 0 Å². The molecule has 2 aromatic rings. The second-order valence-corrected chi connectivity index (χ2v) is 4.55. The molecule has 0 saturated carbocycles. The number of rotatable bonds is 3. The fourth-order valence-corrected chi connectivity index (χ4v) is 1.92. The van der Waals surface area contributed by atoms with Crippen molar-refractivity contribution < 1.29 is 0 Å². The first-order valence-electron chi connectivity index (χ1n) is 6.16. The second kappa shape index (κ2) is 5.05. The van der Waals surface area contributed by atoms with Gasteiger partial charge in [0.25, 0.3) is 0 Å². The van der Waals surface area contributed by atoms with Crippen LogP contribution in [0.5, 0.6) is 0 Å². The summed E-state index contributed by atoms with van der Waals surface area (Å²) in [5.74, 6) is 0.635. The van der Waals surface area contributed by atoms with Gasteiger partial charge >= 0.3 is 0 Å². The number of anilines is 1. The third kappa shape index (κ3) is 2.68. The predicted molar refractivity (Wildman–Crippen MR) is 75.0 cm³/mol.